The number of nitrogens with zero attached hydrogens (tertiary/aromatic N) is 1. The summed E-state index contributed by atoms with van der Waals surface area (Å²) in [5, 5.41) is 4.22. The highest BCUT2D eigenvalue weighted by atomic mass is 16.6. The fourth-order valence-corrected chi connectivity index (χ4v) is 4.12. The summed E-state index contributed by atoms with van der Waals surface area (Å²) >= 11 is 0. The van der Waals surface area contributed by atoms with Gasteiger partial charge in [0.05, 0.1) is 12.6 Å². The van der Waals surface area contributed by atoms with Gasteiger partial charge in [0.2, 0.25) is 0 Å². The van der Waals surface area contributed by atoms with Crippen LogP contribution in [0, 0.1) is 0 Å². The van der Waals surface area contributed by atoms with Crippen LogP contribution in [0.5, 0.6) is 11.5 Å². The van der Waals surface area contributed by atoms with Crippen LogP contribution in [0.25, 0.3) is 10.9 Å². The first-order valence-electron chi connectivity index (χ1n) is 9.78. The first-order valence-corrected chi connectivity index (χ1v) is 9.78. The van der Waals surface area contributed by atoms with Crippen LogP contribution >= 0.6 is 0 Å². The predicted octanol–water partition coefficient (Wildman–Crippen LogP) is 3.99. The van der Waals surface area contributed by atoms with Gasteiger partial charge >= 0.3 is 6.03 Å². The molecule has 1 fully saturated rings. The topological polar surface area (TPSA) is 66.6 Å². The zero-order chi connectivity index (χ0) is 18.9. The molecule has 2 aliphatic heterocycles. The highest BCUT2D eigenvalue weighted by Gasteiger charge is 2.30. The summed E-state index contributed by atoms with van der Waals surface area (Å²) in [6, 6.07) is 16.2. The van der Waals surface area contributed by atoms with Crippen LogP contribution in [0.4, 0.5) is 4.79 Å². The molecule has 0 bridgehead atoms. The van der Waals surface area contributed by atoms with E-state index in [0.29, 0.717) is 19.8 Å². The third-order valence-electron chi connectivity index (χ3n) is 5.48. The fraction of sp³-hybridized carbons (Fsp3) is 0.318. The molecule has 1 atom stereocenters. The maximum Gasteiger partial charge on any atom is 0.318 e. The van der Waals surface area contributed by atoms with Gasteiger partial charge in [-0.2, -0.15) is 0 Å². The van der Waals surface area contributed by atoms with E-state index in [1.807, 2.05) is 41.3 Å². The number of aromatic amines is 1. The highest BCUT2D eigenvalue weighted by Crippen LogP contribution is 2.38. The van der Waals surface area contributed by atoms with E-state index in [1.54, 1.807) is 0 Å². The number of nitrogens with one attached hydrogen (secondary N) is 2. The summed E-state index contributed by atoms with van der Waals surface area (Å²) in [5.74, 6) is 1.55. The van der Waals surface area contributed by atoms with Gasteiger partial charge in [0.15, 0.2) is 11.5 Å². The Kier molecular flexibility index (Phi) is 4.31. The number of rotatable bonds is 3. The molecule has 0 spiro atoms. The van der Waals surface area contributed by atoms with E-state index in [2.05, 4.69) is 22.4 Å². The Labute approximate surface area is 163 Å². The van der Waals surface area contributed by atoms with Gasteiger partial charge in [-0.3, -0.25) is 0 Å². The standard InChI is InChI=1S/C22H23N3O3/c26-22(23-14-17-12-15-4-1-2-5-18(15)24-17)25-9-3-6-19(25)16-7-8-20-21(13-16)28-11-10-27-20/h1-2,4-5,7-8,12-13,19,24H,3,6,9-11,14H2,(H,23,26). The predicted molar refractivity (Wildman–Crippen MR) is 107 cm³/mol. The van der Waals surface area contributed by atoms with E-state index < -0.39 is 0 Å². The Bertz CT molecular complexity index is 980. The summed E-state index contributed by atoms with van der Waals surface area (Å²) in [7, 11) is 0. The van der Waals surface area contributed by atoms with Crippen LogP contribution in [0.2, 0.25) is 0 Å². The zero-order valence-corrected chi connectivity index (χ0v) is 15.6. The van der Waals surface area contributed by atoms with Crippen LogP contribution in [0.15, 0.2) is 48.5 Å². The van der Waals surface area contributed by atoms with Crippen molar-refractivity contribution in [2.24, 2.45) is 0 Å². The van der Waals surface area contributed by atoms with Crippen LogP contribution in [-0.2, 0) is 6.54 Å². The molecule has 1 aromatic heterocycles. The van der Waals surface area contributed by atoms with Crippen LogP contribution in [0.1, 0.15) is 30.1 Å². The maximum absolute atomic E-state index is 12.9. The quantitative estimate of drug-likeness (QED) is 0.725. The van der Waals surface area contributed by atoms with Crippen molar-refractivity contribution in [3.05, 3.63) is 59.8 Å². The number of carbonyl (C=O) groups excluding carboxylic acids is 1. The van der Waals surface area contributed by atoms with Gasteiger partial charge in [-0.25, -0.2) is 4.79 Å². The maximum atomic E-state index is 12.9. The number of benzene rings is 2. The van der Waals surface area contributed by atoms with Crippen molar-refractivity contribution in [3.63, 3.8) is 0 Å². The normalized spacial score (nSPS) is 18.4. The average Bonchev–Trinajstić information content (AvgIpc) is 3.38. The number of amides is 2. The van der Waals surface area contributed by atoms with Crippen LogP contribution < -0.4 is 14.8 Å². The van der Waals surface area contributed by atoms with Crippen molar-refractivity contribution >= 4 is 16.9 Å². The number of carbonyl (C=O) groups is 1. The largest absolute Gasteiger partial charge is 0.486 e. The van der Waals surface area contributed by atoms with Gasteiger partial charge in [-0.1, -0.05) is 24.3 Å². The second-order valence-electron chi connectivity index (χ2n) is 7.30. The highest BCUT2D eigenvalue weighted by molar-refractivity contribution is 5.80. The molecule has 2 amide bonds. The number of aromatic nitrogens is 1. The van der Waals surface area contributed by atoms with E-state index in [1.165, 1.54) is 0 Å². The molecule has 2 aliphatic rings. The summed E-state index contributed by atoms with van der Waals surface area (Å²) < 4.78 is 11.3. The molecule has 3 aromatic rings. The SMILES string of the molecule is O=C(NCc1cc2ccccc2[nH]1)N1CCCC1c1ccc2c(c1)OCCO2. The van der Waals surface area contributed by atoms with Gasteiger partial charge < -0.3 is 24.7 Å². The molecule has 2 aromatic carbocycles. The Morgan fingerprint density at radius 2 is 1.96 bits per heavy atom. The third-order valence-corrected chi connectivity index (χ3v) is 5.48. The average molecular weight is 377 g/mol. The molecule has 2 N–H and O–H groups in total. The lowest BCUT2D eigenvalue weighted by atomic mass is 10.0. The second kappa shape index (κ2) is 7.11. The molecular formula is C22H23N3O3. The Balaban J connectivity index is 1.28. The summed E-state index contributed by atoms with van der Waals surface area (Å²) in [6.45, 7) is 2.39. The van der Waals surface area contributed by atoms with Gasteiger partial charge in [-0.15, -0.1) is 0 Å². The lowest BCUT2D eigenvalue weighted by Crippen LogP contribution is -2.39. The van der Waals surface area contributed by atoms with Gasteiger partial charge in [0.25, 0.3) is 0 Å². The first kappa shape index (κ1) is 17.0. The van der Waals surface area contributed by atoms with E-state index in [9.17, 15) is 4.79 Å². The number of hydrogen-bond acceptors (Lipinski definition) is 3. The minimum absolute atomic E-state index is 0.0314. The minimum atomic E-state index is -0.0314. The molecule has 0 radical (unpaired) electrons. The van der Waals surface area contributed by atoms with Crippen molar-refractivity contribution in [2.45, 2.75) is 25.4 Å². The molecular weight excluding hydrogens is 354 g/mol. The number of urea groups is 1. The molecule has 28 heavy (non-hydrogen) atoms. The van der Waals surface area contributed by atoms with E-state index in [-0.39, 0.29) is 12.1 Å². The van der Waals surface area contributed by atoms with Crippen molar-refractivity contribution in [1.82, 2.24) is 15.2 Å². The minimum Gasteiger partial charge on any atom is -0.486 e. The van der Waals surface area contributed by atoms with Crippen LogP contribution in [0.3, 0.4) is 0 Å². The summed E-state index contributed by atoms with van der Waals surface area (Å²) in [5.41, 5.74) is 3.19. The lowest BCUT2D eigenvalue weighted by Gasteiger charge is -2.27. The molecule has 1 unspecified atom stereocenters. The zero-order valence-electron chi connectivity index (χ0n) is 15.6. The molecule has 1 saturated heterocycles. The van der Waals surface area contributed by atoms with Crippen molar-refractivity contribution in [2.75, 3.05) is 19.8 Å². The number of likely N-dealkylation sites (tertiary alicyclic amines) is 1. The Hall–Kier alpha value is -3.15. The monoisotopic (exact) mass is 377 g/mol. The summed E-state index contributed by atoms with van der Waals surface area (Å²) in [6.07, 6.45) is 1.96. The van der Waals surface area contributed by atoms with E-state index in [4.69, 9.17) is 9.47 Å². The lowest BCUT2D eigenvalue weighted by molar-refractivity contribution is 0.170. The van der Waals surface area contributed by atoms with E-state index in [0.717, 1.165) is 53.0 Å². The van der Waals surface area contributed by atoms with E-state index >= 15 is 0 Å². The van der Waals surface area contributed by atoms with Crippen molar-refractivity contribution in [3.8, 4) is 11.5 Å². The molecule has 3 heterocycles. The smallest absolute Gasteiger partial charge is 0.318 e. The molecule has 6 heteroatoms. The number of hydrogen-bond donors (Lipinski definition) is 2. The molecule has 0 saturated carbocycles. The first-order chi connectivity index (χ1) is 13.8. The van der Waals surface area contributed by atoms with Crippen molar-refractivity contribution in [1.29, 1.82) is 0 Å². The summed E-state index contributed by atoms with van der Waals surface area (Å²) in [4.78, 5) is 18.1. The van der Waals surface area contributed by atoms with Gasteiger partial charge in [0.1, 0.15) is 13.2 Å². The Morgan fingerprint density at radius 3 is 2.86 bits per heavy atom. The number of H-pyrrole nitrogens is 1. The van der Waals surface area contributed by atoms with Crippen LogP contribution in [-0.4, -0.2) is 35.7 Å². The third kappa shape index (κ3) is 3.15. The molecule has 6 nitrogen and oxygen atoms in total. The molecule has 144 valence electrons. The molecule has 5 rings (SSSR count). The number of ether oxygens (including phenoxy) is 2. The second-order valence-corrected chi connectivity index (χ2v) is 7.30. The number of para-hydroxylation sites is 1. The van der Waals surface area contributed by atoms with Gasteiger partial charge in [0, 0.05) is 17.8 Å². The number of fused-ring (bicyclic) bond motifs is 2. The van der Waals surface area contributed by atoms with Crippen molar-refractivity contribution < 1.29 is 14.3 Å². The van der Waals surface area contributed by atoms with Gasteiger partial charge in [-0.05, 0) is 48.1 Å². The fourth-order valence-electron chi connectivity index (χ4n) is 4.12. The molecule has 0 aliphatic carbocycles. The Morgan fingerprint density at radius 1 is 1.11 bits per heavy atom.